The van der Waals surface area contributed by atoms with E-state index in [4.69, 9.17) is 4.74 Å². The van der Waals surface area contributed by atoms with Gasteiger partial charge >= 0.3 is 5.70 Å². The molecule has 2 aromatic rings. The monoisotopic (exact) mass is 404 g/mol. The SMILES string of the molecule is CNC1=C([N+](=O)[O-])C(c2ccc(C(C)C)cc2)C2=C(O1)C(=O)c1ccccc1C2=O. The molecule has 0 saturated carbocycles. The number of rotatable bonds is 4. The van der Waals surface area contributed by atoms with E-state index in [1.807, 2.05) is 26.0 Å². The van der Waals surface area contributed by atoms with Crippen LogP contribution in [0, 0.1) is 10.1 Å². The molecule has 2 aromatic carbocycles. The van der Waals surface area contributed by atoms with Gasteiger partial charge < -0.3 is 10.1 Å². The van der Waals surface area contributed by atoms with E-state index in [9.17, 15) is 19.7 Å². The topological polar surface area (TPSA) is 98.5 Å². The van der Waals surface area contributed by atoms with Gasteiger partial charge in [-0.05, 0) is 17.0 Å². The lowest BCUT2D eigenvalue weighted by atomic mass is 9.77. The zero-order valence-corrected chi connectivity index (χ0v) is 16.8. The van der Waals surface area contributed by atoms with Gasteiger partial charge in [-0.1, -0.05) is 62.4 Å². The number of fused-ring (bicyclic) bond motifs is 1. The number of carbonyl (C=O) groups is 2. The second-order valence-corrected chi connectivity index (χ2v) is 7.52. The number of hydrogen-bond donors (Lipinski definition) is 1. The Morgan fingerprint density at radius 1 is 1.00 bits per heavy atom. The summed E-state index contributed by atoms with van der Waals surface area (Å²) in [6, 6.07) is 13.7. The molecule has 0 fully saturated rings. The summed E-state index contributed by atoms with van der Waals surface area (Å²) in [6.45, 7) is 4.09. The van der Waals surface area contributed by atoms with Crippen molar-refractivity contribution in [1.82, 2.24) is 5.32 Å². The van der Waals surface area contributed by atoms with Crippen molar-refractivity contribution in [3.05, 3.63) is 104 Å². The minimum atomic E-state index is -1.03. The molecule has 0 spiro atoms. The van der Waals surface area contributed by atoms with Gasteiger partial charge in [0.2, 0.25) is 5.78 Å². The smallest absolute Gasteiger partial charge is 0.317 e. The maximum absolute atomic E-state index is 13.4. The van der Waals surface area contributed by atoms with Crippen molar-refractivity contribution < 1.29 is 19.2 Å². The van der Waals surface area contributed by atoms with Crippen molar-refractivity contribution in [1.29, 1.82) is 0 Å². The zero-order chi connectivity index (χ0) is 21.6. The van der Waals surface area contributed by atoms with Gasteiger partial charge in [0, 0.05) is 18.2 Å². The van der Waals surface area contributed by atoms with Crippen LogP contribution in [0.2, 0.25) is 0 Å². The summed E-state index contributed by atoms with van der Waals surface area (Å²) in [6.07, 6.45) is 0. The molecule has 1 unspecified atom stereocenters. The van der Waals surface area contributed by atoms with Crippen LogP contribution in [0.25, 0.3) is 0 Å². The van der Waals surface area contributed by atoms with Gasteiger partial charge in [-0.15, -0.1) is 0 Å². The van der Waals surface area contributed by atoms with Crippen molar-refractivity contribution in [3.8, 4) is 0 Å². The minimum absolute atomic E-state index is 0.00157. The number of ether oxygens (including phenoxy) is 1. The molecule has 1 aliphatic carbocycles. The number of nitrogens with one attached hydrogen (secondary N) is 1. The number of carbonyl (C=O) groups excluding carboxylic acids is 2. The molecule has 30 heavy (non-hydrogen) atoms. The number of allylic oxidation sites excluding steroid dienone is 2. The number of nitro groups is 1. The summed E-state index contributed by atoms with van der Waals surface area (Å²) in [5.74, 6) is -1.94. The van der Waals surface area contributed by atoms with Crippen LogP contribution in [-0.2, 0) is 4.74 Å². The molecule has 1 aliphatic heterocycles. The number of Topliss-reactive ketones (excluding diaryl/α,β-unsaturated/α-hetero) is 2. The first-order chi connectivity index (χ1) is 14.3. The first-order valence-electron chi connectivity index (χ1n) is 9.61. The van der Waals surface area contributed by atoms with Gasteiger partial charge in [-0.25, -0.2) is 0 Å². The Kier molecular flexibility index (Phi) is 4.73. The van der Waals surface area contributed by atoms with Gasteiger partial charge in [0.05, 0.1) is 10.5 Å². The fourth-order valence-electron chi connectivity index (χ4n) is 3.92. The van der Waals surface area contributed by atoms with Gasteiger partial charge in [-0.3, -0.25) is 19.7 Å². The molecule has 1 heterocycles. The minimum Gasteiger partial charge on any atom is -0.431 e. The Balaban J connectivity index is 1.96. The third-order valence-corrected chi connectivity index (χ3v) is 5.47. The van der Waals surface area contributed by atoms with Crippen LogP contribution in [0.5, 0.6) is 0 Å². The largest absolute Gasteiger partial charge is 0.431 e. The third kappa shape index (κ3) is 2.90. The van der Waals surface area contributed by atoms with E-state index in [0.717, 1.165) is 5.56 Å². The Hall–Kier alpha value is -3.74. The summed E-state index contributed by atoms with van der Waals surface area (Å²) in [5.41, 5.74) is 1.78. The third-order valence-electron chi connectivity index (χ3n) is 5.47. The molecular formula is C23H20N2O5. The highest BCUT2D eigenvalue weighted by Gasteiger charge is 2.48. The number of nitrogens with zero attached hydrogens (tertiary/aromatic N) is 1. The summed E-state index contributed by atoms with van der Waals surface area (Å²) in [5, 5.41) is 14.7. The van der Waals surface area contributed by atoms with E-state index < -0.39 is 22.4 Å². The quantitative estimate of drug-likeness (QED) is 0.613. The lowest BCUT2D eigenvalue weighted by Crippen LogP contribution is -2.35. The predicted octanol–water partition coefficient (Wildman–Crippen LogP) is 3.92. The molecule has 0 aromatic heterocycles. The van der Waals surface area contributed by atoms with Crippen molar-refractivity contribution in [2.75, 3.05) is 7.05 Å². The second kappa shape index (κ2) is 7.26. The Bertz CT molecular complexity index is 1140. The molecule has 152 valence electrons. The first-order valence-corrected chi connectivity index (χ1v) is 9.61. The molecule has 0 amide bonds. The molecule has 1 atom stereocenters. The first kappa shape index (κ1) is 19.6. The van der Waals surface area contributed by atoms with Crippen LogP contribution in [0.4, 0.5) is 0 Å². The van der Waals surface area contributed by atoms with Gasteiger partial charge in [0.1, 0.15) is 5.92 Å². The normalized spacial score (nSPS) is 18.2. The lowest BCUT2D eigenvalue weighted by Gasteiger charge is -2.30. The molecule has 2 aliphatic rings. The standard InChI is InChI=1S/C23H20N2O5/c1-12(2)13-8-10-14(11-9-13)17-18-20(26)15-6-4-5-7-16(15)21(27)22(18)30-23(24-3)19(17)25(28)29/h4-12,17,24H,1-3H3. The Morgan fingerprint density at radius 2 is 1.60 bits per heavy atom. The fraction of sp³-hybridized carbons (Fsp3) is 0.217. The van der Waals surface area contributed by atoms with Crippen molar-refractivity contribution >= 4 is 11.6 Å². The van der Waals surface area contributed by atoms with Crippen LogP contribution >= 0.6 is 0 Å². The molecule has 0 radical (unpaired) electrons. The van der Waals surface area contributed by atoms with Crippen molar-refractivity contribution in [3.63, 3.8) is 0 Å². The average Bonchev–Trinajstić information content (AvgIpc) is 2.75. The highest BCUT2D eigenvalue weighted by molar-refractivity contribution is 6.27. The maximum atomic E-state index is 13.4. The van der Waals surface area contributed by atoms with E-state index >= 15 is 0 Å². The Morgan fingerprint density at radius 3 is 2.13 bits per heavy atom. The Labute approximate surface area is 173 Å². The van der Waals surface area contributed by atoms with E-state index in [1.54, 1.807) is 36.4 Å². The highest BCUT2D eigenvalue weighted by Crippen LogP contribution is 2.44. The highest BCUT2D eigenvalue weighted by atomic mass is 16.6. The predicted molar refractivity (Wildman–Crippen MR) is 110 cm³/mol. The second-order valence-electron chi connectivity index (χ2n) is 7.52. The van der Waals surface area contributed by atoms with Gasteiger partial charge in [0.15, 0.2) is 11.5 Å². The van der Waals surface area contributed by atoms with E-state index in [-0.39, 0.29) is 40.0 Å². The molecule has 0 saturated heterocycles. The van der Waals surface area contributed by atoms with Gasteiger partial charge in [0.25, 0.3) is 5.88 Å². The van der Waals surface area contributed by atoms with Crippen molar-refractivity contribution in [2.45, 2.75) is 25.7 Å². The van der Waals surface area contributed by atoms with E-state index in [2.05, 4.69) is 5.32 Å². The van der Waals surface area contributed by atoms with Crippen molar-refractivity contribution in [2.24, 2.45) is 0 Å². The number of benzene rings is 2. The summed E-state index contributed by atoms with van der Waals surface area (Å²) < 4.78 is 5.60. The van der Waals surface area contributed by atoms with Gasteiger partial charge in [-0.2, -0.15) is 0 Å². The number of ketones is 2. The van der Waals surface area contributed by atoms with Crippen LogP contribution < -0.4 is 5.32 Å². The molecule has 0 bridgehead atoms. The average molecular weight is 404 g/mol. The zero-order valence-electron chi connectivity index (χ0n) is 16.8. The maximum Gasteiger partial charge on any atom is 0.317 e. The molecular weight excluding hydrogens is 384 g/mol. The summed E-state index contributed by atoms with van der Waals surface area (Å²) in [4.78, 5) is 37.9. The lowest BCUT2D eigenvalue weighted by molar-refractivity contribution is -0.433. The molecule has 7 heteroatoms. The van der Waals surface area contributed by atoms with Crippen LogP contribution in [0.3, 0.4) is 0 Å². The van der Waals surface area contributed by atoms with Crippen LogP contribution in [-0.4, -0.2) is 23.5 Å². The van der Waals surface area contributed by atoms with Crippen LogP contribution in [0.1, 0.15) is 57.5 Å². The summed E-state index contributed by atoms with van der Waals surface area (Å²) in [7, 11) is 1.48. The fourth-order valence-corrected chi connectivity index (χ4v) is 3.92. The summed E-state index contributed by atoms with van der Waals surface area (Å²) >= 11 is 0. The van der Waals surface area contributed by atoms with E-state index in [0.29, 0.717) is 5.56 Å². The van der Waals surface area contributed by atoms with E-state index in [1.165, 1.54) is 7.05 Å². The molecule has 7 nitrogen and oxygen atoms in total. The molecule has 1 N–H and O–H groups in total. The molecule has 4 rings (SSSR count). The van der Waals surface area contributed by atoms with Crippen LogP contribution in [0.15, 0.2) is 71.4 Å². The number of hydrogen-bond acceptors (Lipinski definition) is 6.